The number of unbranched alkanes of at least 4 members (excludes halogenated alkanes) is 17. The third kappa shape index (κ3) is 23.6. The van der Waals surface area contributed by atoms with Gasteiger partial charge in [0.05, 0.1) is 11.9 Å². The maximum absolute atomic E-state index is 9.57. The third-order valence-corrected chi connectivity index (χ3v) is 5.94. The molecule has 0 rings (SSSR count). The van der Waals surface area contributed by atoms with Crippen molar-refractivity contribution in [2.24, 2.45) is 0 Å². The Labute approximate surface area is 183 Å². The Morgan fingerprint density at radius 3 is 1.41 bits per heavy atom. The van der Waals surface area contributed by atoms with Crippen LogP contribution in [-0.2, 0) is 4.74 Å². The zero-order chi connectivity index (χ0) is 21.4. The molecule has 0 spiro atoms. The van der Waals surface area contributed by atoms with Gasteiger partial charge in [-0.15, -0.1) is 0 Å². The van der Waals surface area contributed by atoms with E-state index < -0.39 is 0 Å². The van der Waals surface area contributed by atoms with Crippen LogP contribution in [0.2, 0.25) is 0 Å². The van der Waals surface area contributed by atoms with E-state index in [4.69, 9.17) is 4.74 Å². The molecule has 0 aromatic heterocycles. The number of hydrogen-bond acceptors (Lipinski definition) is 2. The zero-order valence-corrected chi connectivity index (χ0v) is 20.2. The molecule has 1 N–H and O–H groups in total. The summed E-state index contributed by atoms with van der Waals surface area (Å²) in [5.74, 6) is 0.272. The van der Waals surface area contributed by atoms with Crippen molar-refractivity contribution in [3.63, 3.8) is 0 Å². The Balaban J connectivity index is 3.55. The minimum Gasteiger partial charge on any atom is -0.513 e. The molecule has 0 amide bonds. The smallest absolute Gasteiger partial charge is 0.0876 e. The minimum atomic E-state index is 0.163. The molecule has 0 radical (unpaired) electrons. The second kappa shape index (κ2) is 23.8. The van der Waals surface area contributed by atoms with E-state index in [-0.39, 0.29) is 11.9 Å². The number of hydrogen-bond donors (Lipinski definition) is 1. The minimum absolute atomic E-state index is 0.163. The van der Waals surface area contributed by atoms with Crippen molar-refractivity contribution in [2.75, 3.05) is 6.61 Å². The van der Waals surface area contributed by atoms with Crippen molar-refractivity contribution >= 4 is 0 Å². The van der Waals surface area contributed by atoms with Crippen LogP contribution in [0, 0.1) is 0 Å². The van der Waals surface area contributed by atoms with Gasteiger partial charge in [-0.25, -0.2) is 0 Å². The summed E-state index contributed by atoms with van der Waals surface area (Å²) in [4.78, 5) is 0. The summed E-state index contributed by atoms with van der Waals surface area (Å²) in [6, 6.07) is 0. The molecule has 1 atom stereocenters. The molecular formula is C27H54O2. The van der Waals surface area contributed by atoms with Crippen LogP contribution in [-0.4, -0.2) is 17.8 Å². The van der Waals surface area contributed by atoms with Gasteiger partial charge in [0, 0.05) is 13.0 Å². The monoisotopic (exact) mass is 410 g/mol. The van der Waals surface area contributed by atoms with Crippen LogP contribution in [0.1, 0.15) is 149 Å². The molecule has 0 fully saturated rings. The van der Waals surface area contributed by atoms with E-state index in [0.29, 0.717) is 6.42 Å². The normalized spacial score (nSPS) is 12.3. The number of aliphatic hydroxyl groups excluding tert-OH is 1. The molecule has 174 valence electrons. The van der Waals surface area contributed by atoms with E-state index in [1.807, 2.05) is 0 Å². The number of ether oxygens (including phenoxy) is 1. The van der Waals surface area contributed by atoms with Gasteiger partial charge in [0.1, 0.15) is 0 Å². The van der Waals surface area contributed by atoms with Crippen LogP contribution in [0.25, 0.3) is 0 Å². The van der Waals surface area contributed by atoms with Gasteiger partial charge in [0.15, 0.2) is 0 Å². The van der Waals surface area contributed by atoms with E-state index in [9.17, 15) is 5.11 Å². The predicted molar refractivity (Wildman–Crippen MR) is 130 cm³/mol. The first kappa shape index (κ1) is 28.5. The topological polar surface area (TPSA) is 29.5 Å². The van der Waals surface area contributed by atoms with E-state index in [0.717, 1.165) is 19.4 Å². The van der Waals surface area contributed by atoms with Crippen LogP contribution in [0.5, 0.6) is 0 Å². The van der Waals surface area contributed by atoms with Gasteiger partial charge in [-0.2, -0.15) is 0 Å². The summed E-state index contributed by atoms with van der Waals surface area (Å²) < 4.78 is 6.08. The Hall–Kier alpha value is -0.500. The van der Waals surface area contributed by atoms with Gasteiger partial charge in [-0.1, -0.05) is 136 Å². The van der Waals surface area contributed by atoms with Crippen molar-refractivity contribution in [3.8, 4) is 0 Å². The third-order valence-electron chi connectivity index (χ3n) is 5.94. The van der Waals surface area contributed by atoms with Crippen LogP contribution < -0.4 is 0 Å². The fourth-order valence-corrected chi connectivity index (χ4v) is 4.03. The average molecular weight is 411 g/mol. The fraction of sp³-hybridized carbons (Fsp3) is 0.926. The zero-order valence-electron chi connectivity index (χ0n) is 20.2. The van der Waals surface area contributed by atoms with Crippen molar-refractivity contribution in [3.05, 3.63) is 12.3 Å². The lowest BCUT2D eigenvalue weighted by atomic mass is 10.0. The second-order valence-corrected chi connectivity index (χ2v) is 9.06. The Morgan fingerprint density at radius 2 is 1.00 bits per heavy atom. The molecule has 0 aliphatic carbocycles. The standard InChI is InChI=1S/C27H54O2/c1-4-6-8-10-12-14-16-18-20-22-24-29-27(25-26(3)28)23-21-19-17-15-13-11-9-7-5-2/h27-28H,3-25H2,1-2H3/t27-/m0/s1. The largest absolute Gasteiger partial charge is 0.513 e. The van der Waals surface area contributed by atoms with Gasteiger partial charge in [0.25, 0.3) is 0 Å². The summed E-state index contributed by atoms with van der Waals surface area (Å²) >= 11 is 0. The van der Waals surface area contributed by atoms with Crippen LogP contribution >= 0.6 is 0 Å². The first-order valence-electron chi connectivity index (χ1n) is 13.2. The highest BCUT2D eigenvalue weighted by molar-refractivity contribution is 4.83. The summed E-state index contributed by atoms with van der Waals surface area (Å²) in [5, 5.41) is 9.57. The fourth-order valence-electron chi connectivity index (χ4n) is 4.03. The van der Waals surface area contributed by atoms with Crippen molar-refractivity contribution in [1.82, 2.24) is 0 Å². The maximum atomic E-state index is 9.57. The maximum Gasteiger partial charge on any atom is 0.0876 e. The Morgan fingerprint density at radius 1 is 0.621 bits per heavy atom. The molecular weight excluding hydrogens is 356 g/mol. The van der Waals surface area contributed by atoms with Gasteiger partial charge in [-0.3, -0.25) is 0 Å². The number of aliphatic hydroxyl groups is 1. The van der Waals surface area contributed by atoms with Crippen molar-refractivity contribution in [2.45, 2.75) is 155 Å². The molecule has 0 aromatic rings. The van der Waals surface area contributed by atoms with E-state index in [1.54, 1.807) is 0 Å². The lowest BCUT2D eigenvalue weighted by Gasteiger charge is -2.17. The van der Waals surface area contributed by atoms with Gasteiger partial charge >= 0.3 is 0 Å². The van der Waals surface area contributed by atoms with Crippen molar-refractivity contribution < 1.29 is 9.84 Å². The highest BCUT2D eigenvalue weighted by Gasteiger charge is 2.10. The molecule has 0 bridgehead atoms. The molecule has 0 unspecified atom stereocenters. The van der Waals surface area contributed by atoms with Gasteiger partial charge < -0.3 is 9.84 Å². The first-order chi connectivity index (χ1) is 14.2. The predicted octanol–water partition coefficient (Wildman–Crippen LogP) is 9.68. The molecule has 0 aromatic carbocycles. The SMILES string of the molecule is C=C(O)C[C@H](CCCCCCCCCCC)OCCCCCCCCCCCC. The average Bonchev–Trinajstić information content (AvgIpc) is 2.70. The quantitative estimate of drug-likeness (QED) is 0.127. The summed E-state index contributed by atoms with van der Waals surface area (Å²) in [6.45, 7) is 9.06. The Kier molecular flexibility index (Phi) is 23.4. The highest BCUT2D eigenvalue weighted by Crippen LogP contribution is 2.17. The van der Waals surface area contributed by atoms with E-state index in [2.05, 4.69) is 20.4 Å². The summed E-state index contributed by atoms with van der Waals surface area (Å²) in [5.41, 5.74) is 0. The number of rotatable bonds is 24. The van der Waals surface area contributed by atoms with Crippen LogP contribution in [0.3, 0.4) is 0 Å². The summed E-state index contributed by atoms with van der Waals surface area (Å²) in [7, 11) is 0. The molecule has 0 aliphatic rings. The molecule has 2 heteroatoms. The van der Waals surface area contributed by atoms with Gasteiger partial charge in [0.2, 0.25) is 0 Å². The molecule has 29 heavy (non-hydrogen) atoms. The van der Waals surface area contributed by atoms with E-state index >= 15 is 0 Å². The van der Waals surface area contributed by atoms with E-state index in [1.165, 1.54) is 116 Å². The van der Waals surface area contributed by atoms with Crippen LogP contribution in [0.15, 0.2) is 12.3 Å². The molecule has 0 saturated carbocycles. The lowest BCUT2D eigenvalue weighted by Crippen LogP contribution is -2.15. The lowest BCUT2D eigenvalue weighted by molar-refractivity contribution is 0.0371. The first-order valence-corrected chi connectivity index (χ1v) is 13.2. The molecule has 0 saturated heterocycles. The van der Waals surface area contributed by atoms with Crippen LogP contribution in [0.4, 0.5) is 0 Å². The highest BCUT2D eigenvalue weighted by atomic mass is 16.5. The summed E-state index contributed by atoms with van der Waals surface area (Å²) in [6.07, 6.45) is 27.5. The van der Waals surface area contributed by atoms with Crippen molar-refractivity contribution in [1.29, 1.82) is 0 Å². The second-order valence-electron chi connectivity index (χ2n) is 9.06. The van der Waals surface area contributed by atoms with Gasteiger partial charge in [-0.05, 0) is 12.8 Å². The molecule has 2 nitrogen and oxygen atoms in total. The molecule has 0 aliphatic heterocycles. The Bertz CT molecular complexity index is 326. The molecule has 0 heterocycles.